The van der Waals surface area contributed by atoms with E-state index < -0.39 is 12.1 Å². The fourth-order valence-corrected chi connectivity index (χ4v) is 3.45. The van der Waals surface area contributed by atoms with Gasteiger partial charge in [-0.15, -0.1) is 0 Å². The van der Waals surface area contributed by atoms with Crippen molar-refractivity contribution in [2.75, 3.05) is 18.0 Å². The van der Waals surface area contributed by atoms with Crippen molar-refractivity contribution in [3.63, 3.8) is 0 Å². The van der Waals surface area contributed by atoms with Gasteiger partial charge < -0.3 is 15.0 Å². The van der Waals surface area contributed by atoms with Crippen LogP contribution in [0.5, 0.6) is 0 Å². The molecular formula is C24H28N2O4. The molecule has 0 bridgehead atoms. The predicted octanol–water partition coefficient (Wildman–Crippen LogP) is 3.23. The lowest BCUT2D eigenvalue weighted by Gasteiger charge is -2.21. The van der Waals surface area contributed by atoms with Gasteiger partial charge in [0.15, 0.2) is 6.10 Å². The summed E-state index contributed by atoms with van der Waals surface area (Å²) in [7, 11) is 0. The minimum Gasteiger partial charge on any atom is -0.451 e. The first-order valence-electron chi connectivity index (χ1n) is 10.1. The van der Waals surface area contributed by atoms with Crippen LogP contribution < -0.4 is 10.2 Å². The first-order valence-corrected chi connectivity index (χ1v) is 10.1. The van der Waals surface area contributed by atoms with Gasteiger partial charge in [-0.1, -0.05) is 51.1 Å². The molecule has 1 atom stereocenters. The van der Waals surface area contributed by atoms with Crippen LogP contribution in [0.3, 0.4) is 0 Å². The molecule has 2 aromatic rings. The van der Waals surface area contributed by atoms with Crippen LogP contribution in [0, 0.1) is 0 Å². The van der Waals surface area contributed by atoms with Crippen molar-refractivity contribution in [3.8, 4) is 0 Å². The number of benzene rings is 2. The minimum atomic E-state index is -0.924. The molecule has 2 aromatic carbocycles. The van der Waals surface area contributed by atoms with Gasteiger partial charge in [-0.05, 0) is 48.1 Å². The van der Waals surface area contributed by atoms with Crippen molar-refractivity contribution in [1.29, 1.82) is 0 Å². The second-order valence-corrected chi connectivity index (χ2v) is 8.51. The molecular weight excluding hydrogens is 380 g/mol. The number of para-hydroxylation sites is 1. The first kappa shape index (κ1) is 21.6. The van der Waals surface area contributed by atoms with Gasteiger partial charge in [-0.25, -0.2) is 0 Å². The predicted molar refractivity (Wildman–Crippen MR) is 116 cm³/mol. The fraction of sp³-hybridized carbons (Fsp3) is 0.375. The highest BCUT2D eigenvalue weighted by Crippen LogP contribution is 2.28. The molecule has 158 valence electrons. The van der Waals surface area contributed by atoms with E-state index in [9.17, 15) is 14.4 Å². The Bertz CT molecular complexity index is 944. The van der Waals surface area contributed by atoms with Crippen LogP contribution in [-0.4, -0.2) is 37.0 Å². The molecule has 3 rings (SSSR count). The number of hydrogen-bond donors (Lipinski definition) is 1. The Morgan fingerprint density at radius 1 is 1.07 bits per heavy atom. The summed E-state index contributed by atoms with van der Waals surface area (Å²) < 4.78 is 5.24. The molecule has 0 aromatic heterocycles. The van der Waals surface area contributed by atoms with Crippen molar-refractivity contribution < 1.29 is 19.1 Å². The fourth-order valence-electron chi connectivity index (χ4n) is 3.45. The second-order valence-electron chi connectivity index (χ2n) is 8.51. The number of carbonyl (C=O) groups excluding carboxylic acids is 3. The van der Waals surface area contributed by atoms with Crippen molar-refractivity contribution in [2.24, 2.45) is 0 Å². The van der Waals surface area contributed by atoms with Gasteiger partial charge in [0, 0.05) is 17.8 Å². The topological polar surface area (TPSA) is 75.7 Å². The Hall–Kier alpha value is -3.15. The van der Waals surface area contributed by atoms with E-state index in [-0.39, 0.29) is 23.8 Å². The van der Waals surface area contributed by atoms with Gasteiger partial charge in [-0.3, -0.25) is 14.4 Å². The molecule has 1 aliphatic heterocycles. The van der Waals surface area contributed by atoms with Crippen LogP contribution >= 0.6 is 0 Å². The van der Waals surface area contributed by atoms with Gasteiger partial charge in [0.2, 0.25) is 0 Å². The third-order valence-electron chi connectivity index (χ3n) is 5.22. The number of fused-ring (bicyclic) bond motifs is 1. The third-order valence-corrected chi connectivity index (χ3v) is 5.22. The zero-order valence-corrected chi connectivity index (χ0v) is 17.9. The maximum absolute atomic E-state index is 12.7. The number of nitrogens with one attached hydrogen (secondary N) is 1. The summed E-state index contributed by atoms with van der Waals surface area (Å²) in [4.78, 5) is 38.7. The number of ether oxygens (including phenoxy) is 1. The number of amides is 2. The molecule has 0 radical (unpaired) electrons. The molecule has 1 heterocycles. The van der Waals surface area contributed by atoms with Crippen molar-refractivity contribution in [1.82, 2.24) is 5.32 Å². The summed E-state index contributed by atoms with van der Waals surface area (Å²) in [6, 6.07) is 15.0. The molecule has 0 saturated carbocycles. The standard InChI is InChI=1S/C24H28N2O4/c1-16(23(29)26-14-13-17-7-5-6-8-20(17)26)30-21(27)15-25-22(28)18-9-11-19(12-10-18)24(2,3)4/h5-12,16H,13-15H2,1-4H3,(H,25,28)/t16-/m1/s1. The Labute approximate surface area is 177 Å². The van der Waals surface area contributed by atoms with Gasteiger partial charge in [0.05, 0.1) is 0 Å². The van der Waals surface area contributed by atoms with E-state index in [2.05, 4.69) is 26.1 Å². The van der Waals surface area contributed by atoms with E-state index in [1.54, 1.807) is 24.0 Å². The van der Waals surface area contributed by atoms with Gasteiger partial charge in [-0.2, -0.15) is 0 Å². The van der Waals surface area contributed by atoms with Gasteiger partial charge >= 0.3 is 5.97 Å². The Morgan fingerprint density at radius 3 is 2.40 bits per heavy atom. The average molecular weight is 408 g/mol. The molecule has 30 heavy (non-hydrogen) atoms. The molecule has 0 aliphatic carbocycles. The van der Waals surface area contributed by atoms with Crippen molar-refractivity contribution >= 4 is 23.5 Å². The number of anilines is 1. The van der Waals surface area contributed by atoms with E-state index in [1.807, 2.05) is 36.4 Å². The Kier molecular flexibility index (Phi) is 6.25. The normalized spacial score (nSPS) is 14.1. The molecule has 2 amide bonds. The van der Waals surface area contributed by atoms with E-state index in [0.29, 0.717) is 12.1 Å². The minimum absolute atomic E-state index is 0.00264. The molecule has 1 aliphatic rings. The third kappa shape index (κ3) is 4.87. The number of rotatable bonds is 5. The van der Waals surface area contributed by atoms with Crippen LogP contribution in [0.25, 0.3) is 0 Å². The first-order chi connectivity index (χ1) is 14.2. The lowest BCUT2D eigenvalue weighted by molar-refractivity contribution is -0.152. The van der Waals surface area contributed by atoms with E-state index in [1.165, 1.54) is 0 Å². The van der Waals surface area contributed by atoms with Crippen molar-refractivity contribution in [3.05, 3.63) is 65.2 Å². The highest BCUT2D eigenvalue weighted by molar-refractivity contribution is 5.99. The summed E-state index contributed by atoms with van der Waals surface area (Å²) in [5.41, 5.74) is 3.55. The highest BCUT2D eigenvalue weighted by atomic mass is 16.5. The molecule has 6 nitrogen and oxygen atoms in total. The van der Waals surface area contributed by atoms with Gasteiger partial charge in [0.25, 0.3) is 11.8 Å². The summed E-state index contributed by atoms with van der Waals surface area (Å²) in [5, 5.41) is 2.55. The van der Waals surface area contributed by atoms with Crippen LogP contribution in [0.4, 0.5) is 5.69 Å². The van der Waals surface area contributed by atoms with Crippen LogP contribution in [0.15, 0.2) is 48.5 Å². The van der Waals surface area contributed by atoms with E-state index in [0.717, 1.165) is 23.2 Å². The molecule has 1 N–H and O–H groups in total. The monoisotopic (exact) mass is 408 g/mol. The summed E-state index contributed by atoms with van der Waals surface area (Å²) in [6.07, 6.45) is -0.140. The Balaban J connectivity index is 1.51. The summed E-state index contributed by atoms with van der Waals surface area (Å²) in [5.74, 6) is -1.28. The number of hydrogen-bond acceptors (Lipinski definition) is 4. The van der Waals surface area contributed by atoms with E-state index >= 15 is 0 Å². The van der Waals surface area contributed by atoms with Gasteiger partial charge in [0.1, 0.15) is 6.54 Å². The molecule has 0 unspecified atom stereocenters. The molecule has 6 heteroatoms. The smallest absolute Gasteiger partial charge is 0.326 e. The van der Waals surface area contributed by atoms with Crippen LogP contribution in [0.2, 0.25) is 0 Å². The highest BCUT2D eigenvalue weighted by Gasteiger charge is 2.29. The molecule has 0 saturated heterocycles. The second kappa shape index (κ2) is 8.69. The number of nitrogens with zero attached hydrogens (tertiary/aromatic N) is 1. The summed E-state index contributed by atoms with van der Waals surface area (Å²) in [6.45, 7) is 8.12. The Morgan fingerprint density at radius 2 is 1.73 bits per heavy atom. The van der Waals surface area contributed by atoms with Crippen molar-refractivity contribution in [2.45, 2.75) is 45.6 Å². The maximum atomic E-state index is 12.7. The average Bonchev–Trinajstić information content (AvgIpc) is 3.15. The SMILES string of the molecule is C[C@@H](OC(=O)CNC(=O)c1ccc(C(C)(C)C)cc1)C(=O)N1CCc2ccccc21. The zero-order valence-electron chi connectivity index (χ0n) is 17.9. The number of esters is 1. The lowest BCUT2D eigenvalue weighted by Crippen LogP contribution is -2.41. The zero-order chi connectivity index (χ0) is 21.9. The van der Waals surface area contributed by atoms with Crippen LogP contribution in [0.1, 0.15) is 49.2 Å². The quantitative estimate of drug-likeness (QED) is 0.771. The lowest BCUT2D eigenvalue weighted by atomic mass is 9.87. The van der Waals surface area contributed by atoms with E-state index in [4.69, 9.17) is 4.74 Å². The van der Waals surface area contributed by atoms with Crippen LogP contribution in [-0.2, 0) is 26.2 Å². The largest absolute Gasteiger partial charge is 0.451 e. The number of carbonyl (C=O) groups is 3. The summed E-state index contributed by atoms with van der Waals surface area (Å²) >= 11 is 0. The molecule has 0 fully saturated rings. The maximum Gasteiger partial charge on any atom is 0.326 e. The molecule has 0 spiro atoms.